The van der Waals surface area contributed by atoms with E-state index in [4.69, 9.17) is 11.6 Å². The highest BCUT2D eigenvalue weighted by atomic mass is 35.5. The zero-order valence-electron chi connectivity index (χ0n) is 19.5. The van der Waals surface area contributed by atoms with Crippen molar-refractivity contribution in [2.75, 3.05) is 0 Å². The van der Waals surface area contributed by atoms with Gasteiger partial charge in [0, 0.05) is 33.9 Å². The molecule has 0 radical (unpaired) electrons. The van der Waals surface area contributed by atoms with Gasteiger partial charge in [-0.15, -0.1) is 0 Å². The van der Waals surface area contributed by atoms with Crippen LogP contribution in [0.3, 0.4) is 0 Å². The van der Waals surface area contributed by atoms with Crippen molar-refractivity contribution >= 4 is 33.1 Å². The average molecular weight is 502 g/mol. The molecule has 182 valence electrons. The topological polar surface area (TPSA) is 80.3 Å². The summed E-state index contributed by atoms with van der Waals surface area (Å²) in [6, 6.07) is 14.6. The number of rotatable bonds is 10. The summed E-state index contributed by atoms with van der Waals surface area (Å²) in [7, 11) is -3.60. The van der Waals surface area contributed by atoms with E-state index in [0.717, 1.165) is 25.7 Å². The molecule has 34 heavy (non-hydrogen) atoms. The van der Waals surface area contributed by atoms with Crippen molar-refractivity contribution in [3.8, 4) is 0 Å². The Morgan fingerprint density at radius 1 is 1.03 bits per heavy atom. The second-order valence-corrected chi connectivity index (χ2v) is 11.1. The minimum atomic E-state index is -3.60. The third-order valence-electron chi connectivity index (χ3n) is 6.33. The minimum Gasteiger partial charge on any atom is -0.350 e. The van der Waals surface area contributed by atoms with Gasteiger partial charge < -0.3 is 5.32 Å². The van der Waals surface area contributed by atoms with Crippen LogP contribution in [0.4, 0.5) is 0 Å². The SMILES string of the molecule is CCCC[C@@H](C=CS(=O)(=O)c1ccccc1)NC(=O)[C@@H]1CCCC[C@H]1C(=O)c1ccc(Cl)cc1. The van der Waals surface area contributed by atoms with Gasteiger partial charge in [-0.05, 0) is 55.7 Å². The molecule has 0 saturated heterocycles. The molecule has 1 N–H and O–H groups in total. The first-order chi connectivity index (χ1) is 16.3. The first kappa shape index (κ1) is 26.2. The molecule has 2 aromatic carbocycles. The number of carbonyl (C=O) groups is 2. The molecule has 0 spiro atoms. The predicted octanol–water partition coefficient (Wildman–Crippen LogP) is 5.99. The summed E-state index contributed by atoms with van der Waals surface area (Å²) in [5.74, 6) is -1.04. The highest BCUT2D eigenvalue weighted by Crippen LogP contribution is 2.33. The van der Waals surface area contributed by atoms with Crippen LogP contribution in [-0.2, 0) is 14.6 Å². The zero-order valence-corrected chi connectivity index (χ0v) is 21.0. The van der Waals surface area contributed by atoms with Crippen LogP contribution in [-0.4, -0.2) is 26.2 Å². The fraction of sp³-hybridized carbons (Fsp3) is 0.407. The fourth-order valence-corrected chi connectivity index (χ4v) is 5.62. The molecule has 5 nitrogen and oxygen atoms in total. The molecule has 2 aromatic rings. The first-order valence-corrected chi connectivity index (χ1v) is 13.8. The van der Waals surface area contributed by atoms with E-state index in [1.165, 1.54) is 5.41 Å². The molecule has 3 atom stereocenters. The first-order valence-electron chi connectivity index (χ1n) is 11.9. The molecule has 1 fully saturated rings. The summed E-state index contributed by atoms with van der Waals surface area (Å²) < 4.78 is 25.3. The van der Waals surface area contributed by atoms with E-state index in [0.29, 0.717) is 29.8 Å². The highest BCUT2D eigenvalue weighted by molar-refractivity contribution is 7.94. The molecule has 0 heterocycles. The molecule has 3 rings (SSSR count). The summed E-state index contributed by atoms with van der Waals surface area (Å²) >= 11 is 5.96. The average Bonchev–Trinajstić information content (AvgIpc) is 2.86. The van der Waals surface area contributed by atoms with Crippen molar-refractivity contribution in [2.45, 2.75) is 62.8 Å². The van der Waals surface area contributed by atoms with Crippen LogP contribution in [0.5, 0.6) is 0 Å². The number of Topliss-reactive ketones (excluding diaryl/α,β-unsaturated/α-hetero) is 1. The van der Waals surface area contributed by atoms with Crippen molar-refractivity contribution in [2.24, 2.45) is 11.8 Å². The van der Waals surface area contributed by atoms with Crippen molar-refractivity contribution in [1.82, 2.24) is 5.32 Å². The number of carbonyl (C=O) groups excluding carboxylic acids is 2. The molecule has 0 unspecified atom stereocenters. The molecule has 7 heteroatoms. The van der Waals surface area contributed by atoms with Crippen LogP contribution < -0.4 is 5.32 Å². The number of nitrogens with one attached hydrogen (secondary N) is 1. The Kier molecular flexibility index (Phi) is 9.48. The molecule has 1 amide bonds. The van der Waals surface area contributed by atoms with Gasteiger partial charge in [0.25, 0.3) is 0 Å². The molecular weight excluding hydrogens is 470 g/mol. The van der Waals surface area contributed by atoms with Gasteiger partial charge in [-0.2, -0.15) is 0 Å². The third kappa shape index (κ3) is 7.03. The molecule has 1 aliphatic carbocycles. The van der Waals surface area contributed by atoms with Crippen LogP contribution >= 0.6 is 11.6 Å². The van der Waals surface area contributed by atoms with Gasteiger partial charge in [-0.25, -0.2) is 8.42 Å². The maximum atomic E-state index is 13.3. The van der Waals surface area contributed by atoms with Gasteiger partial charge in [0.1, 0.15) is 0 Å². The number of sulfone groups is 1. The smallest absolute Gasteiger partial charge is 0.224 e. The second kappa shape index (κ2) is 12.3. The van der Waals surface area contributed by atoms with Crippen molar-refractivity contribution in [3.05, 3.63) is 76.7 Å². The largest absolute Gasteiger partial charge is 0.350 e. The maximum absolute atomic E-state index is 13.3. The van der Waals surface area contributed by atoms with E-state index < -0.39 is 27.7 Å². The summed E-state index contributed by atoms with van der Waals surface area (Å²) in [5, 5.41) is 4.77. The van der Waals surface area contributed by atoms with E-state index in [1.54, 1.807) is 60.7 Å². The van der Waals surface area contributed by atoms with Crippen LogP contribution in [0.15, 0.2) is 71.0 Å². The van der Waals surface area contributed by atoms with Crippen LogP contribution in [0.1, 0.15) is 62.2 Å². The summed E-state index contributed by atoms with van der Waals surface area (Å²) in [4.78, 5) is 26.7. The fourth-order valence-electron chi connectivity index (χ4n) is 4.40. The lowest BCUT2D eigenvalue weighted by Gasteiger charge is -2.30. The standard InChI is InChI=1S/C27H32ClNO4S/c1-2-3-9-22(18-19-34(32,33)23-10-5-4-6-11-23)29-27(31)25-13-8-7-12-24(25)26(30)20-14-16-21(28)17-15-20/h4-6,10-11,14-19,22,24-25H,2-3,7-9,12-13H2,1H3,(H,29,31)/t22-,24+,25+/m0/s1. The van der Waals surface area contributed by atoms with Gasteiger partial charge in [0.15, 0.2) is 15.6 Å². The van der Waals surface area contributed by atoms with Crippen LogP contribution in [0, 0.1) is 11.8 Å². The number of hydrogen-bond donors (Lipinski definition) is 1. The number of hydrogen-bond acceptors (Lipinski definition) is 4. The van der Waals surface area contributed by atoms with E-state index >= 15 is 0 Å². The number of halogens is 1. The van der Waals surface area contributed by atoms with Crippen molar-refractivity contribution < 1.29 is 18.0 Å². The molecule has 1 saturated carbocycles. The van der Waals surface area contributed by atoms with E-state index in [9.17, 15) is 18.0 Å². The third-order valence-corrected chi connectivity index (χ3v) is 8.02. The molecule has 0 aliphatic heterocycles. The van der Waals surface area contributed by atoms with Gasteiger partial charge >= 0.3 is 0 Å². The number of ketones is 1. The van der Waals surface area contributed by atoms with Gasteiger partial charge in [0.2, 0.25) is 5.91 Å². The monoisotopic (exact) mass is 501 g/mol. The molecule has 0 bridgehead atoms. The van der Waals surface area contributed by atoms with Gasteiger partial charge in [-0.3, -0.25) is 9.59 Å². The Morgan fingerprint density at radius 2 is 1.68 bits per heavy atom. The van der Waals surface area contributed by atoms with Crippen LogP contribution in [0.2, 0.25) is 5.02 Å². The minimum absolute atomic E-state index is 0.0381. The normalized spacial score (nSPS) is 19.6. The zero-order chi connectivity index (χ0) is 24.6. The Morgan fingerprint density at radius 3 is 2.32 bits per heavy atom. The summed E-state index contributed by atoms with van der Waals surface area (Å²) in [6.07, 6.45) is 7.06. The second-order valence-electron chi connectivity index (χ2n) is 8.81. The van der Waals surface area contributed by atoms with Gasteiger partial charge in [-0.1, -0.05) is 68.5 Å². The summed E-state index contributed by atoms with van der Waals surface area (Å²) in [5.41, 5.74) is 0.561. The van der Waals surface area contributed by atoms with Crippen LogP contribution in [0.25, 0.3) is 0 Å². The number of amides is 1. The quantitative estimate of drug-likeness (QED) is 0.405. The lowest BCUT2D eigenvalue weighted by atomic mass is 9.75. The maximum Gasteiger partial charge on any atom is 0.224 e. The van der Waals surface area contributed by atoms with Gasteiger partial charge in [0.05, 0.1) is 4.90 Å². The lowest BCUT2D eigenvalue weighted by Crippen LogP contribution is -2.43. The molecule has 1 aliphatic rings. The molecule has 0 aromatic heterocycles. The number of unbranched alkanes of at least 4 members (excludes halogenated alkanes) is 1. The number of benzene rings is 2. The lowest BCUT2D eigenvalue weighted by molar-refractivity contribution is -0.127. The van der Waals surface area contributed by atoms with E-state index in [2.05, 4.69) is 5.32 Å². The van der Waals surface area contributed by atoms with Crippen molar-refractivity contribution in [3.63, 3.8) is 0 Å². The van der Waals surface area contributed by atoms with E-state index in [1.807, 2.05) is 6.92 Å². The van der Waals surface area contributed by atoms with Crippen molar-refractivity contribution in [1.29, 1.82) is 0 Å². The Balaban J connectivity index is 1.75. The highest BCUT2D eigenvalue weighted by Gasteiger charge is 2.36. The Hall–Kier alpha value is -2.44. The molecular formula is C27H32ClNO4S. The predicted molar refractivity (Wildman–Crippen MR) is 135 cm³/mol. The Labute approximate surface area is 207 Å². The Bertz CT molecular complexity index is 1100. The van der Waals surface area contributed by atoms with E-state index in [-0.39, 0.29) is 16.6 Å². The summed E-state index contributed by atoms with van der Waals surface area (Å²) in [6.45, 7) is 2.05.